The minimum absolute atomic E-state index is 0.225. The molecule has 1 aromatic rings. The van der Waals surface area contributed by atoms with Crippen molar-refractivity contribution < 1.29 is 9.53 Å². The second-order valence-corrected chi connectivity index (χ2v) is 3.39. The molecule has 0 spiro atoms. The highest BCUT2D eigenvalue weighted by Gasteiger charge is 2.01. The fraction of sp³-hybridized carbons (Fsp3) is 0.500. The topological polar surface area (TPSA) is 39.2 Å². The van der Waals surface area contributed by atoms with E-state index < -0.39 is 0 Å². The monoisotopic (exact) mass is 185 g/mol. The summed E-state index contributed by atoms with van der Waals surface area (Å²) in [6, 6.07) is 0. The molecule has 12 heavy (non-hydrogen) atoms. The van der Waals surface area contributed by atoms with E-state index in [2.05, 4.69) is 4.98 Å². The number of rotatable bonds is 3. The van der Waals surface area contributed by atoms with Crippen LogP contribution in [0.25, 0.3) is 0 Å². The predicted molar refractivity (Wildman–Crippen MR) is 47.2 cm³/mol. The molecule has 0 N–H and O–H groups in total. The van der Waals surface area contributed by atoms with E-state index in [9.17, 15) is 4.79 Å². The summed E-state index contributed by atoms with van der Waals surface area (Å²) in [6.45, 7) is 3.83. The molecule has 0 fully saturated rings. The molecular formula is C8H11NO2S. The Kier molecular flexibility index (Phi) is 3.22. The van der Waals surface area contributed by atoms with Crippen LogP contribution in [0.15, 0.2) is 5.51 Å². The van der Waals surface area contributed by atoms with Crippen molar-refractivity contribution in [3.8, 4) is 0 Å². The maximum atomic E-state index is 10.4. The lowest BCUT2D eigenvalue weighted by Crippen LogP contribution is -2.02. The van der Waals surface area contributed by atoms with E-state index in [-0.39, 0.29) is 5.97 Å². The number of carbonyl (C=O) groups excluding carboxylic acids is 1. The molecule has 0 aromatic carbocycles. The van der Waals surface area contributed by atoms with E-state index in [1.54, 1.807) is 16.8 Å². The molecule has 0 unspecified atom stereocenters. The van der Waals surface area contributed by atoms with E-state index in [1.807, 2.05) is 6.92 Å². The number of aromatic nitrogens is 1. The molecule has 0 aliphatic rings. The fourth-order valence-corrected chi connectivity index (χ4v) is 1.62. The first-order valence-corrected chi connectivity index (χ1v) is 4.60. The van der Waals surface area contributed by atoms with Crippen LogP contribution in [0, 0.1) is 6.92 Å². The Morgan fingerprint density at radius 1 is 1.75 bits per heavy atom. The summed E-state index contributed by atoms with van der Waals surface area (Å²) >= 11 is 1.60. The molecule has 1 rings (SSSR count). The zero-order valence-corrected chi connectivity index (χ0v) is 7.98. The zero-order valence-electron chi connectivity index (χ0n) is 7.16. The smallest absolute Gasteiger partial charge is 0.302 e. The van der Waals surface area contributed by atoms with Crippen LogP contribution < -0.4 is 0 Å². The van der Waals surface area contributed by atoms with Gasteiger partial charge in [0.25, 0.3) is 0 Å². The van der Waals surface area contributed by atoms with Crippen molar-refractivity contribution in [3.05, 3.63) is 16.1 Å². The van der Waals surface area contributed by atoms with Gasteiger partial charge in [0.05, 0.1) is 17.8 Å². The van der Waals surface area contributed by atoms with Gasteiger partial charge in [-0.2, -0.15) is 0 Å². The zero-order chi connectivity index (χ0) is 8.97. The number of hydrogen-bond acceptors (Lipinski definition) is 4. The number of hydrogen-bond donors (Lipinski definition) is 0. The second kappa shape index (κ2) is 4.21. The van der Waals surface area contributed by atoms with Crippen LogP contribution in [0.1, 0.15) is 17.5 Å². The molecule has 0 atom stereocenters. The third-order valence-electron chi connectivity index (χ3n) is 1.48. The van der Waals surface area contributed by atoms with Crippen LogP contribution in [0.4, 0.5) is 0 Å². The van der Waals surface area contributed by atoms with Gasteiger partial charge >= 0.3 is 5.97 Å². The molecule has 0 amide bonds. The van der Waals surface area contributed by atoms with Gasteiger partial charge in [0.2, 0.25) is 0 Å². The summed E-state index contributed by atoms with van der Waals surface area (Å²) in [4.78, 5) is 15.7. The minimum atomic E-state index is -0.225. The van der Waals surface area contributed by atoms with Crippen molar-refractivity contribution in [1.29, 1.82) is 0 Å². The van der Waals surface area contributed by atoms with Gasteiger partial charge in [-0.05, 0) is 6.92 Å². The Morgan fingerprint density at radius 2 is 2.50 bits per heavy atom. The Balaban J connectivity index is 2.33. The highest BCUT2D eigenvalue weighted by atomic mass is 32.1. The molecular weight excluding hydrogens is 174 g/mol. The SMILES string of the molecule is CC(=O)OCCc1scnc1C. The molecule has 0 saturated carbocycles. The summed E-state index contributed by atoms with van der Waals surface area (Å²) in [5.74, 6) is -0.225. The molecule has 0 radical (unpaired) electrons. The van der Waals surface area contributed by atoms with Crippen molar-refractivity contribution in [1.82, 2.24) is 4.98 Å². The van der Waals surface area contributed by atoms with Gasteiger partial charge in [0, 0.05) is 18.2 Å². The lowest BCUT2D eigenvalue weighted by Gasteiger charge is -1.99. The van der Waals surface area contributed by atoms with Gasteiger partial charge < -0.3 is 4.74 Å². The van der Waals surface area contributed by atoms with Gasteiger partial charge in [0.1, 0.15) is 0 Å². The van der Waals surface area contributed by atoms with Crippen LogP contribution >= 0.6 is 11.3 Å². The number of esters is 1. The average molecular weight is 185 g/mol. The number of thiazole rings is 1. The molecule has 0 bridgehead atoms. The summed E-state index contributed by atoms with van der Waals surface area (Å²) < 4.78 is 4.81. The molecule has 0 aliphatic carbocycles. The van der Waals surface area contributed by atoms with Crippen molar-refractivity contribution >= 4 is 17.3 Å². The van der Waals surface area contributed by atoms with Crippen molar-refractivity contribution in [2.24, 2.45) is 0 Å². The van der Waals surface area contributed by atoms with Gasteiger partial charge in [0.15, 0.2) is 0 Å². The van der Waals surface area contributed by atoms with Crippen LogP contribution in [-0.4, -0.2) is 17.6 Å². The van der Waals surface area contributed by atoms with E-state index in [0.717, 1.165) is 12.1 Å². The highest BCUT2D eigenvalue weighted by molar-refractivity contribution is 7.09. The van der Waals surface area contributed by atoms with Crippen LogP contribution in [0.2, 0.25) is 0 Å². The number of ether oxygens (including phenoxy) is 1. The quantitative estimate of drug-likeness (QED) is 0.671. The van der Waals surface area contributed by atoms with Gasteiger partial charge in [-0.15, -0.1) is 11.3 Å². The van der Waals surface area contributed by atoms with Crippen LogP contribution in [0.5, 0.6) is 0 Å². The molecule has 0 aliphatic heterocycles. The Bertz CT molecular complexity index is 270. The summed E-state index contributed by atoms with van der Waals surface area (Å²) in [7, 11) is 0. The number of aryl methyl sites for hydroxylation is 1. The molecule has 66 valence electrons. The minimum Gasteiger partial charge on any atom is -0.465 e. The number of nitrogens with zero attached hydrogens (tertiary/aromatic N) is 1. The summed E-state index contributed by atoms with van der Waals surface area (Å²) in [5.41, 5.74) is 2.84. The largest absolute Gasteiger partial charge is 0.465 e. The van der Waals surface area contributed by atoms with Gasteiger partial charge in [-0.3, -0.25) is 4.79 Å². The maximum absolute atomic E-state index is 10.4. The molecule has 0 saturated heterocycles. The van der Waals surface area contributed by atoms with Crippen molar-refractivity contribution in [3.63, 3.8) is 0 Å². The first-order valence-electron chi connectivity index (χ1n) is 3.72. The van der Waals surface area contributed by atoms with Gasteiger partial charge in [-0.25, -0.2) is 4.98 Å². The molecule has 1 aromatic heterocycles. The third kappa shape index (κ3) is 2.62. The van der Waals surface area contributed by atoms with E-state index in [0.29, 0.717) is 6.61 Å². The van der Waals surface area contributed by atoms with E-state index >= 15 is 0 Å². The molecule has 3 nitrogen and oxygen atoms in total. The van der Waals surface area contributed by atoms with Gasteiger partial charge in [-0.1, -0.05) is 0 Å². The fourth-order valence-electron chi connectivity index (χ4n) is 0.854. The normalized spacial score (nSPS) is 9.83. The Morgan fingerprint density at radius 3 is 3.00 bits per heavy atom. The first-order chi connectivity index (χ1) is 5.70. The lowest BCUT2D eigenvalue weighted by molar-refractivity contribution is -0.140. The molecule has 1 heterocycles. The van der Waals surface area contributed by atoms with Crippen LogP contribution in [0.3, 0.4) is 0 Å². The van der Waals surface area contributed by atoms with Crippen molar-refractivity contribution in [2.75, 3.05) is 6.61 Å². The highest BCUT2D eigenvalue weighted by Crippen LogP contribution is 2.12. The van der Waals surface area contributed by atoms with Crippen molar-refractivity contribution in [2.45, 2.75) is 20.3 Å². The van der Waals surface area contributed by atoms with E-state index in [4.69, 9.17) is 4.74 Å². The lowest BCUT2D eigenvalue weighted by atomic mass is 10.3. The standard InChI is InChI=1S/C8H11NO2S/c1-6-8(12-5-9-6)3-4-11-7(2)10/h5H,3-4H2,1-2H3. The first kappa shape index (κ1) is 9.19. The predicted octanol–water partition coefficient (Wildman–Crippen LogP) is 1.56. The summed E-state index contributed by atoms with van der Waals surface area (Å²) in [6.07, 6.45) is 0.774. The Hall–Kier alpha value is -0.900. The summed E-state index contributed by atoms with van der Waals surface area (Å²) in [5, 5.41) is 0. The Labute approximate surface area is 75.4 Å². The van der Waals surface area contributed by atoms with E-state index in [1.165, 1.54) is 11.8 Å². The average Bonchev–Trinajstić information content (AvgIpc) is 2.36. The maximum Gasteiger partial charge on any atom is 0.302 e. The molecule has 4 heteroatoms. The second-order valence-electron chi connectivity index (χ2n) is 2.45. The number of carbonyl (C=O) groups is 1. The third-order valence-corrected chi connectivity index (χ3v) is 2.47. The van der Waals surface area contributed by atoms with Crippen LogP contribution in [-0.2, 0) is 16.0 Å².